The zero-order valence-corrected chi connectivity index (χ0v) is 8.59. The van der Waals surface area contributed by atoms with Crippen LogP contribution in [0.3, 0.4) is 0 Å². The van der Waals surface area contributed by atoms with Crippen LogP contribution in [0.25, 0.3) is 0 Å². The van der Waals surface area contributed by atoms with Gasteiger partial charge in [-0.05, 0) is 34.6 Å². The summed E-state index contributed by atoms with van der Waals surface area (Å²) >= 11 is 0. The van der Waals surface area contributed by atoms with Gasteiger partial charge in [0.1, 0.15) is 0 Å². The molecule has 0 aliphatic carbocycles. The third kappa shape index (κ3) is 5.52. The average molecular weight is 176 g/mol. The smallest absolute Gasteiger partial charge is 0.0849 e. The van der Waals surface area contributed by atoms with Crippen molar-refractivity contribution in [3.63, 3.8) is 0 Å². The summed E-state index contributed by atoms with van der Waals surface area (Å²) in [6, 6.07) is 0. The summed E-state index contributed by atoms with van der Waals surface area (Å²) in [6.07, 6.45) is -0.274. The lowest BCUT2D eigenvalue weighted by molar-refractivity contribution is -0.116. The van der Waals surface area contributed by atoms with E-state index in [0.717, 1.165) is 0 Å². The summed E-state index contributed by atoms with van der Waals surface area (Å²) in [5, 5.41) is 18.8. The molecule has 2 N–H and O–H groups in total. The zero-order chi connectivity index (χ0) is 9.99. The van der Waals surface area contributed by atoms with E-state index in [-0.39, 0.29) is 12.7 Å². The van der Waals surface area contributed by atoms with Crippen LogP contribution in [-0.4, -0.2) is 34.1 Å². The van der Waals surface area contributed by atoms with Crippen molar-refractivity contribution in [2.75, 3.05) is 6.61 Å². The Morgan fingerprint density at radius 1 is 1.17 bits per heavy atom. The van der Waals surface area contributed by atoms with Crippen molar-refractivity contribution in [3.05, 3.63) is 0 Å². The molecule has 0 rings (SSSR count). The van der Waals surface area contributed by atoms with Crippen LogP contribution in [0.2, 0.25) is 0 Å². The maximum Gasteiger partial charge on any atom is 0.0849 e. The Labute approximate surface area is 74.4 Å². The monoisotopic (exact) mass is 176 g/mol. The summed E-state index contributed by atoms with van der Waals surface area (Å²) < 4.78 is 5.27. The molecule has 0 fully saturated rings. The Kier molecular flexibility index (Phi) is 3.69. The van der Waals surface area contributed by atoms with Crippen LogP contribution in [0.1, 0.15) is 34.6 Å². The van der Waals surface area contributed by atoms with Crippen molar-refractivity contribution < 1.29 is 14.9 Å². The van der Waals surface area contributed by atoms with Crippen molar-refractivity contribution in [1.29, 1.82) is 0 Å². The van der Waals surface area contributed by atoms with Gasteiger partial charge in [-0.2, -0.15) is 0 Å². The van der Waals surface area contributed by atoms with E-state index in [1.54, 1.807) is 34.6 Å². The second-order valence-electron chi connectivity index (χ2n) is 4.42. The summed E-state index contributed by atoms with van der Waals surface area (Å²) in [6.45, 7) is 8.72. The number of ether oxygens (including phenoxy) is 1. The lowest BCUT2D eigenvalue weighted by Crippen LogP contribution is -2.39. The van der Waals surface area contributed by atoms with Crippen LogP contribution in [0.5, 0.6) is 0 Å². The van der Waals surface area contributed by atoms with Gasteiger partial charge in [0.05, 0.1) is 23.9 Å². The van der Waals surface area contributed by atoms with Gasteiger partial charge in [-0.15, -0.1) is 0 Å². The third-order valence-corrected chi connectivity index (χ3v) is 1.68. The SMILES string of the molecule is CC(OCC(C)(C)O)C(C)(C)O. The lowest BCUT2D eigenvalue weighted by atomic mass is 10.0. The summed E-state index contributed by atoms with van der Waals surface area (Å²) in [4.78, 5) is 0. The second-order valence-corrected chi connectivity index (χ2v) is 4.42. The number of hydrogen-bond acceptors (Lipinski definition) is 3. The minimum Gasteiger partial charge on any atom is -0.388 e. The Balaban J connectivity index is 3.80. The van der Waals surface area contributed by atoms with Gasteiger partial charge in [0.2, 0.25) is 0 Å². The first-order valence-corrected chi connectivity index (χ1v) is 4.19. The molecule has 0 saturated carbocycles. The van der Waals surface area contributed by atoms with Crippen LogP contribution < -0.4 is 0 Å². The molecule has 0 saturated heterocycles. The van der Waals surface area contributed by atoms with E-state index < -0.39 is 11.2 Å². The minimum absolute atomic E-state index is 0.234. The maximum atomic E-state index is 9.48. The predicted octanol–water partition coefficient (Wildman–Crippen LogP) is 0.933. The molecule has 1 atom stereocenters. The highest BCUT2D eigenvalue weighted by atomic mass is 16.5. The fraction of sp³-hybridized carbons (Fsp3) is 1.00. The molecule has 3 nitrogen and oxygen atoms in total. The zero-order valence-electron chi connectivity index (χ0n) is 8.59. The Bertz CT molecular complexity index is 130. The molecular formula is C9H20O3. The molecule has 0 aromatic heterocycles. The van der Waals surface area contributed by atoms with Gasteiger partial charge in [0, 0.05) is 0 Å². The lowest BCUT2D eigenvalue weighted by Gasteiger charge is -2.28. The normalized spacial score (nSPS) is 16.2. The molecule has 1 unspecified atom stereocenters. The number of aliphatic hydroxyl groups is 2. The highest BCUT2D eigenvalue weighted by molar-refractivity contribution is 4.75. The van der Waals surface area contributed by atoms with E-state index in [2.05, 4.69) is 0 Å². The maximum absolute atomic E-state index is 9.48. The summed E-state index contributed by atoms with van der Waals surface area (Å²) in [5.74, 6) is 0. The first kappa shape index (κ1) is 11.9. The highest BCUT2D eigenvalue weighted by Gasteiger charge is 2.25. The van der Waals surface area contributed by atoms with E-state index in [4.69, 9.17) is 4.74 Å². The van der Waals surface area contributed by atoms with Gasteiger partial charge in [-0.3, -0.25) is 0 Å². The molecule has 0 aliphatic rings. The summed E-state index contributed by atoms with van der Waals surface area (Å²) in [7, 11) is 0. The molecule has 0 spiro atoms. The van der Waals surface area contributed by atoms with Gasteiger partial charge in [0.15, 0.2) is 0 Å². The van der Waals surface area contributed by atoms with E-state index >= 15 is 0 Å². The molecule has 0 heterocycles. The molecule has 0 radical (unpaired) electrons. The van der Waals surface area contributed by atoms with Gasteiger partial charge < -0.3 is 14.9 Å². The Morgan fingerprint density at radius 3 is 1.83 bits per heavy atom. The van der Waals surface area contributed by atoms with E-state index in [1.165, 1.54) is 0 Å². The second kappa shape index (κ2) is 3.73. The van der Waals surface area contributed by atoms with E-state index in [0.29, 0.717) is 0 Å². The Hall–Kier alpha value is -0.120. The third-order valence-electron chi connectivity index (χ3n) is 1.68. The quantitative estimate of drug-likeness (QED) is 0.670. The molecule has 3 heteroatoms. The standard InChI is InChI=1S/C9H20O3/c1-7(9(4,5)11)12-6-8(2,3)10/h7,10-11H,6H2,1-5H3. The fourth-order valence-corrected chi connectivity index (χ4v) is 0.533. The molecule has 0 aromatic rings. The van der Waals surface area contributed by atoms with Crippen LogP contribution in [-0.2, 0) is 4.74 Å². The van der Waals surface area contributed by atoms with Crippen molar-refractivity contribution in [3.8, 4) is 0 Å². The molecule has 12 heavy (non-hydrogen) atoms. The topological polar surface area (TPSA) is 49.7 Å². The molecule has 74 valence electrons. The van der Waals surface area contributed by atoms with Crippen LogP contribution in [0, 0.1) is 0 Å². The van der Waals surface area contributed by atoms with Crippen molar-refractivity contribution >= 4 is 0 Å². The first-order chi connectivity index (χ1) is 5.13. The van der Waals surface area contributed by atoms with Crippen LogP contribution in [0.4, 0.5) is 0 Å². The molecule has 0 aliphatic heterocycles. The number of hydrogen-bond donors (Lipinski definition) is 2. The van der Waals surface area contributed by atoms with Crippen molar-refractivity contribution in [2.24, 2.45) is 0 Å². The average Bonchev–Trinajstić information content (AvgIpc) is 1.78. The molecule has 0 amide bonds. The molecule has 0 bridgehead atoms. The molecular weight excluding hydrogens is 156 g/mol. The van der Waals surface area contributed by atoms with Crippen molar-refractivity contribution in [2.45, 2.75) is 51.9 Å². The van der Waals surface area contributed by atoms with E-state index in [1.807, 2.05) is 0 Å². The Morgan fingerprint density at radius 2 is 1.58 bits per heavy atom. The van der Waals surface area contributed by atoms with Gasteiger partial charge >= 0.3 is 0 Å². The first-order valence-electron chi connectivity index (χ1n) is 4.19. The van der Waals surface area contributed by atoms with Gasteiger partial charge in [0.25, 0.3) is 0 Å². The minimum atomic E-state index is -0.856. The summed E-state index contributed by atoms with van der Waals surface area (Å²) in [5.41, 5.74) is -1.69. The largest absolute Gasteiger partial charge is 0.388 e. The fourth-order valence-electron chi connectivity index (χ4n) is 0.533. The van der Waals surface area contributed by atoms with Gasteiger partial charge in [-0.1, -0.05) is 0 Å². The van der Waals surface area contributed by atoms with Crippen LogP contribution in [0.15, 0.2) is 0 Å². The molecule has 0 aromatic carbocycles. The van der Waals surface area contributed by atoms with Gasteiger partial charge in [-0.25, -0.2) is 0 Å². The van der Waals surface area contributed by atoms with Crippen molar-refractivity contribution in [1.82, 2.24) is 0 Å². The number of rotatable bonds is 4. The van der Waals surface area contributed by atoms with Crippen LogP contribution >= 0.6 is 0 Å². The van der Waals surface area contributed by atoms with E-state index in [9.17, 15) is 10.2 Å². The predicted molar refractivity (Wildman–Crippen MR) is 48.0 cm³/mol. The highest BCUT2D eigenvalue weighted by Crippen LogP contribution is 2.13.